The zero-order valence-electron chi connectivity index (χ0n) is 8.04. The second-order valence-electron chi connectivity index (χ2n) is 3.01. The van der Waals surface area contributed by atoms with E-state index in [1.54, 1.807) is 12.1 Å². The molecule has 0 aliphatic heterocycles. The SMILES string of the molecule is CS(=O)(=O)c1ccc(C=CC(=O)O)cc1. The summed E-state index contributed by atoms with van der Waals surface area (Å²) in [6, 6.07) is 5.99. The molecule has 0 atom stereocenters. The van der Waals surface area contributed by atoms with Crippen molar-refractivity contribution in [1.82, 2.24) is 0 Å². The average molecular weight is 226 g/mol. The minimum absolute atomic E-state index is 0.218. The summed E-state index contributed by atoms with van der Waals surface area (Å²) < 4.78 is 22.2. The Morgan fingerprint density at radius 3 is 2.20 bits per heavy atom. The van der Waals surface area contributed by atoms with Crippen LogP contribution in [0.1, 0.15) is 5.56 Å². The molecule has 1 aromatic rings. The van der Waals surface area contributed by atoms with Gasteiger partial charge >= 0.3 is 5.97 Å². The molecule has 0 aliphatic carbocycles. The smallest absolute Gasteiger partial charge is 0.328 e. The topological polar surface area (TPSA) is 71.4 Å². The molecular weight excluding hydrogens is 216 g/mol. The van der Waals surface area contributed by atoms with Crippen molar-refractivity contribution in [1.29, 1.82) is 0 Å². The highest BCUT2D eigenvalue weighted by Crippen LogP contribution is 2.11. The average Bonchev–Trinajstić information content (AvgIpc) is 2.14. The molecule has 0 heterocycles. The number of hydrogen-bond donors (Lipinski definition) is 1. The minimum atomic E-state index is -3.19. The number of carbonyl (C=O) groups is 1. The first-order valence-electron chi connectivity index (χ1n) is 4.11. The molecule has 4 nitrogen and oxygen atoms in total. The number of sulfone groups is 1. The fraction of sp³-hybridized carbons (Fsp3) is 0.100. The highest BCUT2D eigenvalue weighted by atomic mass is 32.2. The molecule has 0 radical (unpaired) electrons. The Bertz CT molecular complexity index is 483. The lowest BCUT2D eigenvalue weighted by molar-refractivity contribution is -0.131. The molecular formula is C10H10O4S. The summed E-state index contributed by atoms with van der Waals surface area (Å²) in [6.07, 6.45) is 3.51. The Hall–Kier alpha value is -1.62. The first-order valence-corrected chi connectivity index (χ1v) is 6.00. The van der Waals surface area contributed by atoms with E-state index in [0.29, 0.717) is 5.56 Å². The Balaban J connectivity index is 2.96. The van der Waals surface area contributed by atoms with Crippen LogP contribution in [0.3, 0.4) is 0 Å². The molecule has 80 valence electrons. The second kappa shape index (κ2) is 4.27. The molecule has 0 aliphatic rings. The Morgan fingerprint density at radius 1 is 1.27 bits per heavy atom. The van der Waals surface area contributed by atoms with Crippen LogP contribution in [0.4, 0.5) is 0 Å². The third-order valence-electron chi connectivity index (χ3n) is 1.73. The number of rotatable bonds is 3. The summed E-state index contributed by atoms with van der Waals surface area (Å²) in [4.78, 5) is 10.4. The molecule has 1 aromatic carbocycles. The quantitative estimate of drug-likeness (QED) is 0.786. The molecule has 1 N–H and O–H groups in total. The number of carboxylic acid groups (broad SMARTS) is 1. The van der Waals surface area contributed by atoms with Crippen molar-refractivity contribution < 1.29 is 18.3 Å². The highest BCUT2D eigenvalue weighted by molar-refractivity contribution is 7.90. The Labute approximate surface area is 87.8 Å². The third-order valence-corrected chi connectivity index (χ3v) is 2.86. The zero-order valence-corrected chi connectivity index (χ0v) is 8.86. The lowest BCUT2D eigenvalue weighted by Gasteiger charge is -1.97. The minimum Gasteiger partial charge on any atom is -0.478 e. The standard InChI is InChI=1S/C10H10O4S/c1-15(13,14)9-5-2-8(3-6-9)4-7-10(11)12/h2-7H,1H3,(H,11,12). The van der Waals surface area contributed by atoms with Crippen molar-refractivity contribution in [2.24, 2.45) is 0 Å². The normalized spacial score (nSPS) is 11.8. The van der Waals surface area contributed by atoms with Gasteiger partial charge in [-0.2, -0.15) is 0 Å². The fourth-order valence-electron chi connectivity index (χ4n) is 0.994. The van der Waals surface area contributed by atoms with Crippen molar-refractivity contribution in [2.75, 3.05) is 6.26 Å². The van der Waals surface area contributed by atoms with Gasteiger partial charge in [0.2, 0.25) is 0 Å². The monoisotopic (exact) mass is 226 g/mol. The van der Waals surface area contributed by atoms with Crippen molar-refractivity contribution in [3.63, 3.8) is 0 Å². The van der Waals surface area contributed by atoms with Gasteiger partial charge in [0.25, 0.3) is 0 Å². The van der Waals surface area contributed by atoms with E-state index in [-0.39, 0.29) is 4.90 Å². The molecule has 0 saturated heterocycles. The lowest BCUT2D eigenvalue weighted by Crippen LogP contribution is -1.96. The Kier molecular flexibility index (Phi) is 3.26. The molecule has 0 spiro atoms. The molecule has 5 heteroatoms. The van der Waals surface area contributed by atoms with Crippen LogP contribution in [0.25, 0.3) is 6.08 Å². The largest absolute Gasteiger partial charge is 0.478 e. The number of aliphatic carboxylic acids is 1. The number of hydrogen-bond acceptors (Lipinski definition) is 3. The van der Waals surface area contributed by atoms with Crippen LogP contribution in [-0.4, -0.2) is 25.7 Å². The summed E-state index contributed by atoms with van der Waals surface area (Å²) in [5.41, 5.74) is 0.643. The van der Waals surface area contributed by atoms with Gasteiger partial charge in [-0.25, -0.2) is 13.2 Å². The van der Waals surface area contributed by atoms with Crippen molar-refractivity contribution >= 4 is 21.9 Å². The van der Waals surface area contributed by atoms with Crippen molar-refractivity contribution in [2.45, 2.75) is 4.90 Å². The van der Waals surface area contributed by atoms with E-state index in [1.165, 1.54) is 18.2 Å². The highest BCUT2D eigenvalue weighted by Gasteiger charge is 2.04. The first-order chi connectivity index (χ1) is 6.89. The Morgan fingerprint density at radius 2 is 1.80 bits per heavy atom. The summed E-state index contributed by atoms with van der Waals surface area (Å²) in [5.74, 6) is -1.04. The van der Waals surface area contributed by atoms with E-state index < -0.39 is 15.8 Å². The second-order valence-corrected chi connectivity index (χ2v) is 5.03. The fourth-order valence-corrected chi connectivity index (χ4v) is 1.62. The zero-order chi connectivity index (χ0) is 11.5. The summed E-state index contributed by atoms with van der Waals surface area (Å²) in [7, 11) is -3.19. The van der Waals surface area contributed by atoms with Gasteiger partial charge in [0.05, 0.1) is 4.90 Å². The van der Waals surface area contributed by atoms with Gasteiger partial charge in [0, 0.05) is 12.3 Å². The predicted octanol–water partition coefficient (Wildman–Crippen LogP) is 1.19. The van der Waals surface area contributed by atoms with Crippen LogP contribution < -0.4 is 0 Å². The van der Waals surface area contributed by atoms with E-state index in [0.717, 1.165) is 12.3 Å². The van der Waals surface area contributed by atoms with Crippen LogP contribution in [0.15, 0.2) is 35.2 Å². The van der Waals surface area contributed by atoms with Gasteiger partial charge in [-0.1, -0.05) is 12.1 Å². The van der Waals surface area contributed by atoms with Crippen molar-refractivity contribution in [3.05, 3.63) is 35.9 Å². The molecule has 0 saturated carbocycles. The molecule has 15 heavy (non-hydrogen) atoms. The van der Waals surface area contributed by atoms with Crippen molar-refractivity contribution in [3.8, 4) is 0 Å². The van der Waals surface area contributed by atoms with Gasteiger partial charge in [-0.15, -0.1) is 0 Å². The van der Waals surface area contributed by atoms with Crippen LogP contribution in [0.2, 0.25) is 0 Å². The molecule has 0 bridgehead atoms. The lowest BCUT2D eigenvalue weighted by atomic mass is 10.2. The molecule has 0 fully saturated rings. The first kappa shape index (κ1) is 11.5. The summed E-state index contributed by atoms with van der Waals surface area (Å²) in [5, 5.41) is 8.38. The molecule has 0 unspecified atom stereocenters. The number of carboxylic acids is 1. The van der Waals surface area contributed by atoms with Crippen LogP contribution in [0.5, 0.6) is 0 Å². The van der Waals surface area contributed by atoms with Gasteiger partial charge in [-0.05, 0) is 23.8 Å². The van der Waals surface area contributed by atoms with E-state index in [1.807, 2.05) is 0 Å². The molecule has 0 aromatic heterocycles. The maximum absolute atomic E-state index is 11.1. The molecule has 0 amide bonds. The summed E-state index contributed by atoms with van der Waals surface area (Å²) >= 11 is 0. The number of benzene rings is 1. The maximum atomic E-state index is 11.1. The van der Waals surface area contributed by atoms with E-state index in [2.05, 4.69) is 0 Å². The van der Waals surface area contributed by atoms with Crippen LogP contribution >= 0.6 is 0 Å². The van der Waals surface area contributed by atoms with Gasteiger partial charge in [0.15, 0.2) is 9.84 Å². The predicted molar refractivity (Wildman–Crippen MR) is 56.2 cm³/mol. The van der Waals surface area contributed by atoms with Crippen LogP contribution in [0, 0.1) is 0 Å². The summed E-state index contributed by atoms with van der Waals surface area (Å²) in [6.45, 7) is 0. The van der Waals surface area contributed by atoms with Gasteiger partial charge in [0.1, 0.15) is 0 Å². The maximum Gasteiger partial charge on any atom is 0.328 e. The van der Waals surface area contributed by atoms with E-state index >= 15 is 0 Å². The third kappa shape index (κ3) is 3.55. The van der Waals surface area contributed by atoms with Gasteiger partial charge < -0.3 is 5.11 Å². The van der Waals surface area contributed by atoms with E-state index in [4.69, 9.17) is 5.11 Å². The van der Waals surface area contributed by atoms with Gasteiger partial charge in [-0.3, -0.25) is 0 Å². The molecule has 1 rings (SSSR count). The van der Waals surface area contributed by atoms with E-state index in [9.17, 15) is 13.2 Å². The van der Waals surface area contributed by atoms with Crippen LogP contribution in [-0.2, 0) is 14.6 Å².